The summed E-state index contributed by atoms with van der Waals surface area (Å²) in [6, 6.07) is 5.98. The molecule has 2 amide bonds. The molecule has 1 aromatic carbocycles. The number of nitrogens with one attached hydrogen (secondary N) is 2. The van der Waals surface area contributed by atoms with Crippen LogP contribution >= 0.6 is 0 Å². The molecule has 24 heavy (non-hydrogen) atoms. The van der Waals surface area contributed by atoms with E-state index < -0.39 is 17.6 Å². The number of ether oxygens (including phenoxy) is 1. The lowest BCUT2D eigenvalue weighted by atomic mass is 10.1. The minimum atomic E-state index is -0.747. The molecule has 130 valence electrons. The van der Waals surface area contributed by atoms with Crippen molar-refractivity contribution >= 4 is 17.8 Å². The number of esters is 1. The maximum Gasteiger partial charge on any atom is 0.328 e. The van der Waals surface area contributed by atoms with Crippen molar-refractivity contribution in [3.63, 3.8) is 0 Å². The van der Waals surface area contributed by atoms with Gasteiger partial charge in [0.1, 0.15) is 11.6 Å². The molecule has 2 N–H and O–H groups in total. The van der Waals surface area contributed by atoms with Crippen LogP contribution < -0.4 is 10.6 Å². The van der Waals surface area contributed by atoms with E-state index in [-0.39, 0.29) is 11.8 Å². The third kappa shape index (κ3) is 6.64. The van der Waals surface area contributed by atoms with Crippen LogP contribution in [0.2, 0.25) is 0 Å². The number of hydrogen-bond acceptors (Lipinski definition) is 4. The van der Waals surface area contributed by atoms with Gasteiger partial charge in [-0.1, -0.05) is 18.7 Å². The molecular weight excluding hydrogens is 308 g/mol. The lowest BCUT2D eigenvalue weighted by molar-refractivity contribution is -0.156. The Morgan fingerprint density at radius 1 is 1.21 bits per heavy atom. The smallest absolute Gasteiger partial charge is 0.328 e. The molecule has 0 saturated carbocycles. The van der Waals surface area contributed by atoms with Gasteiger partial charge in [-0.15, -0.1) is 0 Å². The first kappa shape index (κ1) is 19.4. The number of carbonyl (C=O) groups excluding carboxylic acids is 3. The molecule has 6 heteroatoms. The van der Waals surface area contributed by atoms with Crippen molar-refractivity contribution in [3.8, 4) is 0 Å². The lowest BCUT2D eigenvalue weighted by Gasteiger charge is -2.22. The molecule has 0 saturated heterocycles. The predicted molar refractivity (Wildman–Crippen MR) is 91.3 cm³/mol. The molecule has 0 bridgehead atoms. The second-order valence-electron chi connectivity index (χ2n) is 6.35. The molecule has 0 aromatic heterocycles. The second kappa shape index (κ2) is 8.29. The highest BCUT2D eigenvalue weighted by atomic mass is 16.6. The van der Waals surface area contributed by atoms with Crippen LogP contribution in [-0.4, -0.2) is 29.4 Å². The topological polar surface area (TPSA) is 84.5 Å². The van der Waals surface area contributed by atoms with Crippen molar-refractivity contribution < 1.29 is 19.1 Å². The van der Waals surface area contributed by atoms with Crippen LogP contribution in [0, 0.1) is 0 Å². The third-order valence-electron chi connectivity index (χ3n) is 2.98. The standard InChI is InChI=1S/C18H24N2O4/c1-6-15(21)19-11-13-7-9-14(10-8-13)16(22)20-12(2)17(23)24-18(3,4)5/h6-10,12H,1,11H2,2-5H3,(H,19,21)(H,20,22)/t12-/m0/s1. The zero-order valence-electron chi connectivity index (χ0n) is 14.5. The van der Waals surface area contributed by atoms with Gasteiger partial charge in [-0.25, -0.2) is 4.79 Å². The van der Waals surface area contributed by atoms with Gasteiger partial charge in [0.15, 0.2) is 0 Å². The summed E-state index contributed by atoms with van der Waals surface area (Å²) in [5.74, 6) is -1.11. The maximum atomic E-state index is 12.1. The van der Waals surface area contributed by atoms with Gasteiger partial charge in [0.25, 0.3) is 5.91 Å². The lowest BCUT2D eigenvalue weighted by Crippen LogP contribution is -2.42. The van der Waals surface area contributed by atoms with Gasteiger partial charge in [-0.3, -0.25) is 9.59 Å². The summed E-state index contributed by atoms with van der Waals surface area (Å²) >= 11 is 0. The van der Waals surface area contributed by atoms with E-state index in [9.17, 15) is 14.4 Å². The van der Waals surface area contributed by atoms with E-state index in [1.165, 1.54) is 6.08 Å². The van der Waals surface area contributed by atoms with Crippen LogP contribution in [0.25, 0.3) is 0 Å². The fraction of sp³-hybridized carbons (Fsp3) is 0.389. The Morgan fingerprint density at radius 2 is 1.79 bits per heavy atom. The summed E-state index contributed by atoms with van der Waals surface area (Å²) < 4.78 is 5.22. The first-order chi connectivity index (χ1) is 11.1. The summed E-state index contributed by atoms with van der Waals surface area (Å²) in [6.07, 6.45) is 1.19. The van der Waals surface area contributed by atoms with Crippen LogP contribution in [0.4, 0.5) is 0 Å². The quantitative estimate of drug-likeness (QED) is 0.616. The van der Waals surface area contributed by atoms with Gasteiger partial charge >= 0.3 is 5.97 Å². The van der Waals surface area contributed by atoms with E-state index in [1.54, 1.807) is 52.0 Å². The number of rotatable bonds is 6. The third-order valence-corrected chi connectivity index (χ3v) is 2.98. The average molecular weight is 332 g/mol. The van der Waals surface area contributed by atoms with Gasteiger partial charge in [-0.2, -0.15) is 0 Å². The molecule has 0 fully saturated rings. The molecule has 6 nitrogen and oxygen atoms in total. The van der Waals surface area contributed by atoms with Crippen molar-refractivity contribution in [3.05, 3.63) is 48.0 Å². The summed E-state index contributed by atoms with van der Waals surface area (Å²) in [4.78, 5) is 35.1. The van der Waals surface area contributed by atoms with Gasteiger partial charge in [-0.05, 0) is 51.5 Å². The van der Waals surface area contributed by atoms with E-state index in [1.807, 2.05) is 0 Å². The van der Waals surface area contributed by atoms with Crippen molar-refractivity contribution in [1.82, 2.24) is 10.6 Å². The summed E-state index contributed by atoms with van der Waals surface area (Å²) in [7, 11) is 0. The molecule has 0 aliphatic heterocycles. The van der Waals surface area contributed by atoms with Crippen LogP contribution in [0.15, 0.2) is 36.9 Å². The molecule has 0 radical (unpaired) electrons. The van der Waals surface area contributed by atoms with E-state index in [4.69, 9.17) is 4.74 Å². The Hall–Kier alpha value is -2.63. The second-order valence-corrected chi connectivity index (χ2v) is 6.35. The fourth-order valence-electron chi connectivity index (χ4n) is 1.76. The van der Waals surface area contributed by atoms with Gasteiger partial charge in [0.2, 0.25) is 5.91 Å². The Bertz CT molecular complexity index is 615. The molecular formula is C18H24N2O4. The number of amides is 2. The van der Waals surface area contributed by atoms with Crippen molar-refractivity contribution in [1.29, 1.82) is 0 Å². The average Bonchev–Trinajstić information content (AvgIpc) is 2.51. The Morgan fingerprint density at radius 3 is 2.29 bits per heavy atom. The number of hydrogen-bond donors (Lipinski definition) is 2. The maximum absolute atomic E-state index is 12.1. The SMILES string of the molecule is C=CC(=O)NCc1ccc(C(=O)N[C@@H](C)C(=O)OC(C)(C)C)cc1. The van der Waals surface area contributed by atoms with E-state index in [0.717, 1.165) is 5.56 Å². The fourth-order valence-corrected chi connectivity index (χ4v) is 1.76. The van der Waals surface area contributed by atoms with Gasteiger partial charge in [0.05, 0.1) is 0 Å². The first-order valence-electron chi connectivity index (χ1n) is 7.65. The molecule has 0 heterocycles. The van der Waals surface area contributed by atoms with Crippen LogP contribution in [0.3, 0.4) is 0 Å². The molecule has 0 unspecified atom stereocenters. The molecule has 1 aromatic rings. The predicted octanol–water partition coefficient (Wildman–Crippen LogP) is 1.95. The summed E-state index contributed by atoms with van der Waals surface area (Å²) in [5.41, 5.74) is 0.666. The minimum Gasteiger partial charge on any atom is -0.458 e. The molecule has 0 aliphatic carbocycles. The van der Waals surface area contributed by atoms with Crippen molar-refractivity contribution in [2.24, 2.45) is 0 Å². The molecule has 1 rings (SSSR count). The summed E-state index contributed by atoms with van der Waals surface area (Å²) in [6.45, 7) is 10.6. The van der Waals surface area contributed by atoms with Crippen LogP contribution in [0.1, 0.15) is 43.6 Å². The molecule has 1 atom stereocenters. The number of carbonyl (C=O) groups is 3. The highest BCUT2D eigenvalue weighted by molar-refractivity contribution is 5.96. The van der Waals surface area contributed by atoms with Crippen molar-refractivity contribution in [2.75, 3.05) is 0 Å². The van der Waals surface area contributed by atoms with E-state index in [2.05, 4.69) is 17.2 Å². The zero-order chi connectivity index (χ0) is 18.3. The Kier molecular flexibility index (Phi) is 6.70. The van der Waals surface area contributed by atoms with Crippen LogP contribution in [-0.2, 0) is 20.9 Å². The number of benzene rings is 1. The van der Waals surface area contributed by atoms with Gasteiger partial charge < -0.3 is 15.4 Å². The minimum absolute atomic E-state index is 0.261. The summed E-state index contributed by atoms with van der Waals surface area (Å²) in [5, 5.41) is 5.25. The first-order valence-corrected chi connectivity index (χ1v) is 7.65. The normalized spacial score (nSPS) is 12.0. The molecule has 0 aliphatic rings. The van der Waals surface area contributed by atoms with Crippen LogP contribution in [0.5, 0.6) is 0 Å². The Balaban J connectivity index is 2.60. The zero-order valence-corrected chi connectivity index (χ0v) is 14.5. The van der Waals surface area contributed by atoms with E-state index in [0.29, 0.717) is 12.1 Å². The van der Waals surface area contributed by atoms with Crippen molar-refractivity contribution in [2.45, 2.75) is 45.9 Å². The van der Waals surface area contributed by atoms with E-state index >= 15 is 0 Å². The monoisotopic (exact) mass is 332 g/mol. The highest BCUT2D eigenvalue weighted by Gasteiger charge is 2.23. The Labute approximate surface area is 142 Å². The largest absolute Gasteiger partial charge is 0.458 e. The highest BCUT2D eigenvalue weighted by Crippen LogP contribution is 2.09. The molecule has 0 spiro atoms. The van der Waals surface area contributed by atoms with Gasteiger partial charge in [0, 0.05) is 12.1 Å².